The number of amides is 2. The fourth-order valence-electron chi connectivity index (χ4n) is 4.92. The van der Waals surface area contributed by atoms with Crippen LogP contribution in [-0.4, -0.2) is 23.3 Å². The van der Waals surface area contributed by atoms with Gasteiger partial charge in [-0.1, -0.05) is 49.0 Å². The molecule has 3 aromatic carbocycles. The number of carbonyl (C=O) groups is 2. The first-order valence-electron chi connectivity index (χ1n) is 10.3. The van der Waals surface area contributed by atoms with E-state index in [0.29, 0.717) is 31.5 Å². The van der Waals surface area contributed by atoms with Crippen molar-refractivity contribution in [3.8, 4) is 22.3 Å². The zero-order chi connectivity index (χ0) is 21.7. The molecule has 0 saturated carbocycles. The van der Waals surface area contributed by atoms with Crippen molar-refractivity contribution in [1.29, 1.82) is 0 Å². The monoisotopic (exact) mass is 412 g/mol. The van der Waals surface area contributed by atoms with E-state index in [4.69, 9.17) is 5.73 Å². The van der Waals surface area contributed by atoms with Gasteiger partial charge in [0.25, 0.3) is 0 Å². The summed E-state index contributed by atoms with van der Waals surface area (Å²) in [6, 6.07) is 14.9. The van der Waals surface area contributed by atoms with Gasteiger partial charge < -0.3 is 10.6 Å². The van der Waals surface area contributed by atoms with Crippen LogP contribution >= 0.6 is 0 Å². The summed E-state index contributed by atoms with van der Waals surface area (Å²) in [6.45, 7) is 4.59. The highest BCUT2D eigenvalue weighted by atomic mass is 19.1. The molecule has 2 aliphatic rings. The molecular weight excluding hydrogens is 391 g/mol. The van der Waals surface area contributed by atoms with E-state index >= 15 is 4.39 Å². The molecule has 5 rings (SSSR count). The first kappa shape index (κ1) is 19.2. The highest BCUT2D eigenvalue weighted by molar-refractivity contribution is 6.02. The van der Waals surface area contributed by atoms with E-state index in [-0.39, 0.29) is 11.5 Å². The molecule has 1 aliphatic heterocycles. The number of rotatable bonds is 3. The van der Waals surface area contributed by atoms with Gasteiger partial charge in [-0.25, -0.2) is 4.39 Å². The predicted molar refractivity (Wildman–Crippen MR) is 118 cm³/mol. The van der Waals surface area contributed by atoms with E-state index in [2.05, 4.69) is 6.58 Å². The van der Waals surface area contributed by atoms with Gasteiger partial charge in [-0.15, -0.1) is 0 Å². The van der Waals surface area contributed by atoms with Gasteiger partial charge in [-0.05, 0) is 63.9 Å². The van der Waals surface area contributed by atoms with Crippen LogP contribution in [0.1, 0.15) is 32.6 Å². The molecule has 2 amide bonds. The number of halogens is 1. The molecule has 0 radical (unpaired) electrons. The summed E-state index contributed by atoms with van der Waals surface area (Å²) in [5.74, 6) is -1.19. The van der Waals surface area contributed by atoms with E-state index in [0.717, 1.165) is 38.9 Å². The Morgan fingerprint density at radius 2 is 1.74 bits per heavy atom. The van der Waals surface area contributed by atoms with Gasteiger partial charge >= 0.3 is 0 Å². The van der Waals surface area contributed by atoms with Gasteiger partial charge in [0.05, 0.1) is 0 Å². The molecule has 0 saturated heterocycles. The number of hydrogen-bond donors (Lipinski definition) is 1. The van der Waals surface area contributed by atoms with Gasteiger partial charge in [0.2, 0.25) is 11.8 Å². The van der Waals surface area contributed by atoms with Gasteiger partial charge in [-0.3, -0.25) is 9.59 Å². The Kier molecular flexibility index (Phi) is 4.47. The minimum Gasteiger partial charge on any atom is -0.366 e. The summed E-state index contributed by atoms with van der Waals surface area (Å²) in [7, 11) is 0. The van der Waals surface area contributed by atoms with E-state index in [1.807, 2.05) is 42.5 Å². The van der Waals surface area contributed by atoms with Crippen molar-refractivity contribution >= 4 is 11.8 Å². The third-order valence-electron chi connectivity index (χ3n) is 6.33. The summed E-state index contributed by atoms with van der Waals surface area (Å²) in [5.41, 5.74) is 12.7. The Morgan fingerprint density at radius 3 is 2.52 bits per heavy atom. The second-order valence-electron chi connectivity index (χ2n) is 7.99. The summed E-state index contributed by atoms with van der Waals surface area (Å²) < 4.78 is 15.6. The van der Waals surface area contributed by atoms with E-state index in [9.17, 15) is 9.59 Å². The minimum atomic E-state index is -0.622. The summed E-state index contributed by atoms with van der Waals surface area (Å²) in [5, 5.41) is 0. The normalized spacial score (nSPS) is 13.9. The molecule has 2 N–H and O–H groups in total. The number of carbonyl (C=O) groups excluding carboxylic acids is 2. The molecular formula is C26H21FN2O2. The molecule has 1 heterocycles. The van der Waals surface area contributed by atoms with Crippen molar-refractivity contribution in [1.82, 2.24) is 4.90 Å². The second-order valence-corrected chi connectivity index (χ2v) is 7.99. The molecule has 4 nitrogen and oxygen atoms in total. The third kappa shape index (κ3) is 2.96. The Balaban J connectivity index is 1.74. The number of benzene rings is 3. The van der Waals surface area contributed by atoms with Gasteiger partial charge in [0.1, 0.15) is 5.82 Å². The van der Waals surface area contributed by atoms with Gasteiger partial charge in [0.15, 0.2) is 0 Å². The summed E-state index contributed by atoms with van der Waals surface area (Å²) in [6.07, 6.45) is 2.49. The second kappa shape index (κ2) is 7.20. The fraction of sp³-hybridized carbons (Fsp3) is 0.154. The maximum atomic E-state index is 15.6. The van der Waals surface area contributed by atoms with E-state index in [1.165, 1.54) is 12.1 Å². The van der Waals surface area contributed by atoms with Crippen LogP contribution in [0.4, 0.5) is 4.39 Å². The maximum absolute atomic E-state index is 15.6. The first-order chi connectivity index (χ1) is 15.0. The highest BCUT2D eigenvalue weighted by Crippen LogP contribution is 2.47. The third-order valence-corrected chi connectivity index (χ3v) is 6.33. The Morgan fingerprint density at radius 1 is 1.00 bits per heavy atom. The molecule has 0 unspecified atom stereocenters. The van der Waals surface area contributed by atoms with E-state index in [1.54, 1.807) is 4.90 Å². The molecule has 3 aromatic rings. The lowest BCUT2D eigenvalue weighted by Gasteiger charge is -2.30. The van der Waals surface area contributed by atoms with Crippen molar-refractivity contribution in [3.05, 3.63) is 94.8 Å². The SMILES string of the molecule is C=CC(=O)N1CCc2c(cccc2-c2c(F)cc(C(N)=O)c3c2-c2ccccc2C3)C1. The predicted octanol–water partition coefficient (Wildman–Crippen LogP) is 4.23. The van der Waals surface area contributed by atoms with Crippen molar-refractivity contribution in [2.45, 2.75) is 19.4 Å². The highest BCUT2D eigenvalue weighted by Gasteiger charge is 2.31. The Labute approximate surface area is 179 Å². The minimum absolute atomic E-state index is 0.108. The van der Waals surface area contributed by atoms with Crippen LogP contribution in [-0.2, 0) is 24.2 Å². The van der Waals surface area contributed by atoms with Gasteiger partial charge in [-0.2, -0.15) is 0 Å². The zero-order valence-electron chi connectivity index (χ0n) is 17.0. The number of nitrogens with zero attached hydrogens (tertiary/aromatic N) is 1. The largest absolute Gasteiger partial charge is 0.366 e. The van der Waals surface area contributed by atoms with Crippen molar-refractivity contribution in [2.75, 3.05) is 6.54 Å². The van der Waals surface area contributed by atoms with Gasteiger partial charge in [0, 0.05) is 24.2 Å². The lowest BCUT2D eigenvalue weighted by Crippen LogP contribution is -2.35. The van der Waals surface area contributed by atoms with Crippen LogP contribution in [0, 0.1) is 5.82 Å². The van der Waals surface area contributed by atoms with E-state index < -0.39 is 11.7 Å². The fourth-order valence-corrected chi connectivity index (χ4v) is 4.92. The number of nitrogens with two attached hydrogens (primary N) is 1. The topological polar surface area (TPSA) is 63.4 Å². The zero-order valence-corrected chi connectivity index (χ0v) is 17.0. The maximum Gasteiger partial charge on any atom is 0.249 e. The van der Waals surface area contributed by atoms with Crippen LogP contribution in [0.15, 0.2) is 61.2 Å². The molecule has 0 bridgehead atoms. The van der Waals surface area contributed by atoms with Crippen LogP contribution in [0.5, 0.6) is 0 Å². The Bertz CT molecular complexity index is 1280. The molecule has 0 fully saturated rings. The number of hydrogen-bond acceptors (Lipinski definition) is 2. The molecule has 154 valence electrons. The van der Waals surface area contributed by atoms with Crippen molar-refractivity contribution < 1.29 is 14.0 Å². The molecule has 0 aromatic heterocycles. The molecule has 0 spiro atoms. The molecule has 1 aliphatic carbocycles. The van der Waals surface area contributed by atoms with Crippen LogP contribution < -0.4 is 5.73 Å². The lowest BCUT2D eigenvalue weighted by atomic mass is 9.85. The van der Waals surface area contributed by atoms with Crippen molar-refractivity contribution in [3.63, 3.8) is 0 Å². The average Bonchev–Trinajstić information content (AvgIpc) is 3.16. The first-order valence-corrected chi connectivity index (χ1v) is 10.3. The molecule has 0 atom stereocenters. The Hall–Kier alpha value is -3.73. The molecule has 5 heteroatoms. The van der Waals surface area contributed by atoms with Crippen LogP contribution in [0.25, 0.3) is 22.3 Å². The quantitative estimate of drug-likeness (QED) is 0.512. The smallest absolute Gasteiger partial charge is 0.249 e. The lowest BCUT2D eigenvalue weighted by molar-refractivity contribution is -0.126. The average molecular weight is 412 g/mol. The standard InChI is InChI=1S/C26H21FN2O2/c1-2-23(30)29-11-10-17-16(14-29)7-5-9-19(17)25-22(27)13-21(26(28)31)20-12-15-6-3-4-8-18(15)24(20)25/h2-9,13H,1,10-12,14H2,(H2,28,31). The molecule has 31 heavy (non-hydrogen) atoms. The summed E-state index contributed by atoms with van der Waals surface area (Å²) >= 11 is 0. The van der Waals surface area contributed by atoms with Crippen molar-refractivity contribution in [2.24, 2.45) is 5.73 Å². The number of primary amides is 1. The van der Waals surface area contributed by atoms with Crippen LogP contribution in [0.2, 0.25) is 0 Å². The number of fused-ring (bicyclic) bond motifs is 4. The summed E-state index contributed by atoms with van der Waals surface area (Å²) in [4.78, 5) is 25.9. The van der Waals surface area contributed by atoms with Crippen LogP contribution in [0.3, 0.4) is 0 Å².